The molecule has 3 N–H and O–H groups in total. The first-order valence-electron chi connectivity index (χ1n) is 9.32. The maximum Gasteiger partial charge on any atom is 0.253 e. The molecular formula is C21H23Cl2N3O4. The van der Waals surface area contributed by atoms with Crippen molar-refractivity contribution in [2.45, 2.75) is 19.9 Å². The fourth-order valence-electron chi connectivity index (χ4n) is 2.57. The minimum absolute atomic E-state index is 0.183. The van der Waals surface area contributed by atoms with Gasteiger partial charge < -0.3 is 20.7 Å². The number of ether oxygens (including phenoxy) is 1. The van der Waals surface area contributed by atoms with E-state index in [1.807, 2.05) is 38.1 Å². The van der Waals surface area contributed by atoms with Crippen LogP contribution in [0.15, 0.2) is 42.5 Å². The van der Waals surface area contributed by atoms with Crippen LogP contribution in [0.5, 0.6) is 5.75 Å². The lowest BCUT2D eigenvalue weighted by molar-refractivity contribution is -0.125. The van der Waals surface area contributed by atoms with Gasteiger partial charge >= 0.3 is 0 Å². The molecule has 0 heterocycles. The zero-order chi connectivity index (χ0) is 22.1. The predicted molar refractivity (Wildman–Crippen MR) is 116 cm³/mol. The quantitative estimate of drug-likeness (QED) is 0.545. The first-order chi connectivity index (χ1) is 14.3. The van der Waals surface area contributed by atoms with Gasteiger partial charge in [0.15, 0.2) is 0 Å². The Hall–Kier alpha value is -2.77. The lowest BCUT2D eigenvalue weighted by atomic mass is 10.1. The zero-order valence-electron chi connectivity index (χ0n) is 16.6. The number of amides is 3. The summed E-state index contributed by atoms with van der Waals surface area (Å²) in [7, 11) is 0. The Bertz CT molecular complexity index is 904. The molecule has 0 saturated carbocycles. The lowest BCUT2D eigenvalue weighted by Gasteiger charge is -2.15. The van der Waals surface area contributed by atoms with E-state index in [4.69, 9.17) is 27.9 Å². The van der Waals surface area contributed by atoms with Crippen molar-refractivity contribution in [2.24, 2.45) is 0 Å². The number of hydrogen-bond acceptors (Lipinski definition) is 4. The molecule has 7 nitrogen and oxygen atoms in total. The normalized spacial score (nSPS) is 11.3. The first-order valence-corrected chi connectivity index (χ1v) is 10.1. The summed E-state index contributed by atoms with van der Waals surface area (Å²) in [6, 6.07) is 11.6. The highest BCUT2D eigenvalue weighted by Gasteiger charge is 2.14. The third-order valence-corrected chi connectivity index (χ3v) is 4.65. The zero-order valence-corrected chi connectivity index (χ0v) is 18.1. The van der Waals surface area contributed by atoms with Gasteiger partial charge in [0.25, 0.3) is 5.91 Å². The van der Waals surface area contributed by atoms with Gasteiger partial charge in [-0.25, -0.2) is 0 Å². The Balaban J connectivity index is 1.74. The Kier molecular flexibility index (Phi) is 8.95. The SMILES string of the molecule is CCOc1ccc([C@@H](C)NC(=O)CNC(=O)CNC(=O)c2ccc(Cl)cc2Cl)cc1. The summed E-state index contributed by atoms with van der Waals surface area (Å²) in [5, 5.41) is 8.28. The minimum atomic E-state index is -0.514. The predicted octanol–water partition coefficient (Wildman–Crippen LogP) is 3.12. The molecule has 30 heavy (non-hydrogen) atoms. The molecular weight excluding hydrogens is 429 g/mol. The molecule has 2 rings (SSSR count). The molecule has 0 aliphatic carbocycles. The Morgan fingerprint density at radius 2 is 1.63 bits per heavy atom. The van der Waals surface area contributed by atoms with Crippen molar-refractivity contribution in [3.8, 4) is 5.75 Å². The minimum Gasteiger partial charge on any atom is -0.494 e. The van der Waals surface area contributed by atoms with E-state index in [1.54, 1.807) is 0 Å². The second-order valence-corrected chi connectivity index (χ2v) is 7.22. The van der Waals surface area contributed by atoms with Crippen LogP contribution in [-0.4, -0.2) is 37.4 Å². The molecule has 0 unspecified atom stereocenters. The monoisotopic (exact) mass is 451 g/mol. The highest BCUT2D eigenvalue weighted by atomic mass is 35.5. The maximum atomic E-state index is 12.1. The molecule has 0 bridgehead atoms. The second kappa shape index (κ2) is 11.4. The highest BCUT2D eigenvalue weighted by molar-refractivity contribution is 6.36. The molecule has 0 spiro atoms. The molecule has 3 amide bonds. The van der Waals surface area contributed by atoms with Crippen molar-refractivity contribution in [3.63, 3.8) is 0 Å². The van der Waals surface area contributed by atoms with Gasteiger partial charge in [0, 0.05) is 5.02 Å². The van der Waals surface area contributed by atoms with E-state index < -0.39 is 11.8 Å². The third-order valence-electron chi connectivity index (χ3n) is 4.10. The molecule has 0 saturated heterocycles. The maximum absolute atomic E-state index is 12.1. The van der Waals surface area contributed by atoms with Crippen LogP contribution >= 0.6 is 23.2 Å². The van der Waals surface area contributed by atoms with Gasteiger partial charge in [0.05, 0.1) is 36.3 Å². The Morgan fingerprint density at radius 3 is 2.27 bits per heavy atom. The summed E-state index contributed by atoms with van der Waals surface area (Å²) in [5.74, 6) is -0.608. The summed E-state index contributed by atoms with van der Waals surface area (Å²) in [4.78, 5) is 36.1. The van der Waals surface area contributed by atoms with Gasteiger partial charge in [-0.2, -0.15) is 0 Å². The average molecular weight is 452 g/mol. The van der Waals surface area contributed by atoms with Gasteiger partial charge in [-0.1, -0.05) is 35.3 Å². The van der Waals surface area contributed by atoms with Crippen LogP contribution in [0, 0.1) is 0 Å². The van der Waals surface area contributed by atoms with Crippen LogP contribution in [0.2, 0.25) is 10.0 Å². The topological polar surface area (TPSA) is 96.5 Å². The fraction of sp³-hybridized carbons (Fsp3) is 0.286. The van der Waals surface area contributed by atoms with Crippen LogP contribution in [-0.2, 0) is 9.59 Å². The van der Waals surface area contributed by atoms with E-state index >= 15 is 0 Å². The molecule has 2 aromatic carbocycles. The standard InChI is InChI=1S/C21H23Cl2N3O4/c1-3-30-16-7-4-14(5-8-16)13(2)26-20(28)12-24-19(27)11-25-21(29)17-9-6-15(22)10-18(17)23/h4-10,13H,3,11-12H2,1-2H3,(H,24,27)(H,25,29)(H,26,28)/t13-/m1/s1. The number of benzene rings is 2. The number of rotatable bonds is 9. The highest BCUT2D eigenvalue weighted by Crippen LogP contribution is 2.20. The van der Waals surface area contributed by atoms with E-state index in [9.17, 15) is 14.4 Å². The second-order valence-electron chi connectivity index (χ2n) is 6.37. The number of nitrogens with one attached hydrogen (secondary N) is 3. The van der Waals surface area contributed by atoms with Crippen molar-refractivity contribution in [2.75, 3.05) is 19.7 Å². The third kappa shape index (κ3) is 7.24. The van der Waals surface area contributed by atoms with Gasteiger partial charge in [-0.3, -0.25) is 14.4 Å². The van der Waals surface area contributed by atoms with E-state index in [1.165, 1.54) is 18.2 Å². The van der Waals surface area contributed by atoms with Crippen molar-refractivity contribution in [1.29, 1.82) is 0 Å². The van der Waals surface area contributed by atoms with Gasteiger partial charge in [-0.05, 0) is 49.7 Å². The molecule has 0 aromatic heterocycles. The summed E-state index contributed by atoms with van der Waals surface area (Å²) in [6.45, 7) is 3.82. The summed E-state index contributed by atoms with van der Waals surface area (Å²) < 4.78 is 5.39. The van der Waals surface area contributed by atoms with Crippen LogP contribution < -0.4 is 20.7 Å². The summed E-state index contributed by atoms with van der Waals surface area (Å²) in [5.41, 5.74) is 1.11. The van der Waals surface area contributed by atoms with Crippen LogP contribution in [0.1, 0.15) is 35.8 Å². The molecule has 2 aromatic rings. The van der Waals surface area contributed by atoms with Crippen molar-refractivity contribution in [1.82, 2.24) is 16.0 Å². The van der Waals surface area contributed by atoms with Crippen molar-refractivity contribution in [3.05, 3.63) is 63.6 Å². The number of carbonyl (C=O) groups excluding carboxylic acids is 3. The van der Waals surface area contributed by atoms with E-state index in [0.29, 0.717) is 11.6 Å². The molecule has 0 radical (unpaired) electrons. The molecule has 0 aliphatic rings. The molecule has 1 atom stereocenters. The fourth-order valence-corrected chi connectivity index (χ4v) is 3.06. The van der Waals surface area contributed by atoms with E-state index in [0.717, 1.165) is 11.3 Å². The molecule has 9 heteroatoms. The molecule has 0 aliphatic heterocycles. The van der Waals surface area contributed by atoms with E-state index in [2.05, 4.69) is 16.0 Å². The largest absolute Gasteiger partial charge is 0.494 e. The van der Waals surface area contributed by atoms with Gasteiger partial charge in [-0.15, -0.1) is 0 Å². The van der Waals surface area contributed by atoms with E-state index in [-0.39, 0.29) is 35.6 Å². The number of carbonyl (C=O) groups is 3. The van der Waals surface area contributed by atoms with Crippen LogP contribution in [0.4, 0.5) is 0 Å². The molecule has 160 valence electrons. The summed E-state index contributed by atoms with van der Waals surface area (Å²) >= 11 is 11.8. The van der Waals surface area contributed by atoms with Crippen LogP contribution in [0.3, 0.4) is 0 Å². The van der Waals surface area contributed by atoms with Gasteiger partial charge in [0.1, 0.15) is 5.75 Å². The Morgan fingerprint density at radius 1 is 0.967 bits per heavy atom. The molecule has 0 fully saturated rings. The van der Waals surface area contributed by atoms with Gasteiger partial charge in [0.2, 0.25) is 11.8 Å². The summed E-state index contributed by atoms with van der Waals surface area (Å²) in [6.07, 6.45) is 0. The lowest BCUT2D eigenvalue weighted by Crippen LogP contribution is -2.42. The number of halogens is 2. The van der Waals surface area contributed by atoms with Crippen molar-refractivity contribution < 1.29 is 19.1 Å². The van der Waals surface area contributed by atoms with Crippen LogP contribution in [0.25, 0.3) is 0 Å². The number of hydrogen-bond donors (Lipinski definition) is 3. The van der Waals surface area contributed by atoms with Crippen molar-refractivity contribution >= 4 is 40.9 Å². The first kappa shape index (κ1) is 23.5. The average Bonchev–Trinajstić information content (AvgIpc) is 2.71. The Labute approximate surface area is 185 Å². The smallest absolute Gasteiger partial charge is 0.253 e.